The number of nitrogens with zero attached hydrogens (tertiary/aromatic N) is 1. The second-order valence-electron chi connectivity index (χ2n) is 6.30. The highest BCUT2D eigenvalue weighted by molar-refractivity contribution is 5.88. The predicted octanol–water partition coefficient (Wildman–Crippen LogP) is 2.97. The lowest BCUT2D eigenvalue weighted by Gasteiger charge is -2.36. The fourth-order valence-corrected chi connectivity index (χ4v) is 3.25. The second kappa shape index (κ2) is 6.97. The van der Waals surface area contributed by atoms with Gasteiger partial charge in [-0.3, -0.25) is 4.79 Å². The predicted molar refractivity (Wildman–Crippen MR) is 93.5 cm³/mol. The fraction of sp³-hybridized carbons (Fsp3) is 0.300. The summed E-state index contributed by atoms with van der Waals surface area (Å²) in [5.74, 6) is -0.739. The van der Waals surface area contributed by atoms with Crippen LogP contribution < -0.4 is 4.74 Å². The van der Waals surface area contributed by atoms with Gasteiger partial charge < -0.3 is 14.7 Å². The van der Waals surface area contributed by atoms with Crippen molar-refractivity contribution < 1.29 is 19.4 Å². The van der Waals surface area contributed by atoms with Gasteiger partial charge in [0, 0.05) is 6.54 Å². The van der Waals surface area contributed by atoms with E-state index in [0.29, 0.717) is 24.3 Å². The summed E-state index contributed by atoms with van der Waals surface area (Å²) in [6.07, 6.45) is -0.114. The van der Waals surface area contributed by atoms with Gasteiger partial charge in [-0.25, -0.2) is 4.79 Å². The SMILES string of the molecule is Cc1cccc(OC(C)C(=O)N2CCc3ccccc3C2C(=O)O)c1. The van der Waals surface area contributed by atoms with E-state index in [2.05, 4.69) is 0 Å². The van der Waals surface area contributed by atoms with Crippen LogP contribution in [-0.4, -0.2) is 34.5 Å². The third-order valence-electron chi connectivity index (χ3n) is 4.45. The summed E-state index contributed by atoms with van der Waals surface area (Å²) >= 11 is 0. The molecule has 0 aliphatic carbocycles. The number of aliphatic carboxylic acids is 1. The minimum Gasteiger partial charge on any atom is -0.481 e. The molecular formula is C20H21NO4. The number of benzene rings is 2. The largest absolute Gasteiger partial charge is 0.481 e. The van der Waals surface area contributed by atoms with Crippen LogP contribution in [0, 0.1) is 6.92 Å². The van der Waals surface area contributed by atoms with Crippen LogP contribution in [0.5, 0.6) is 5.75 Å². The maximum atomic E-state index is 12.8. The average Bonchev–Trinajstić information content (AvgIpc) is 2.59. The zero-order chi connectivity index (χ0) is 18.0. The maximum absolute atomic E-state index is 12.8. The number of amides is 1. The van der Waals surface area contributed by atoms with Crippen molar-refractivity contribution in [1.82, 2.24) is 4.90 Å². The van der Waals surface area contributed by atoms with Crippen molar-refractivity contribution in [2.45, 2.75) is 32.4 Å². The Morgan fingerprint density at radius 1 is 1.20 bits per heavy atom. The molecule has 0 fully saturated rings. The van der Waals surface area contributed by atoms with Crippen LogP contribution in [0.15, 0.2) is 48.5 Å². The lowest BCUT2D eigenvalue weighted by atomic mass is 9.92. The van der Waals surface area contributed by atoms with E-state index in [1.54, 1.807) is 25.1 Å². The van der Waals surface area contributed by atoms with Crippen molar-refractivity contribution in [2.75, 3.05) is 6.54 Å². The Morgan fingerprint density at radius 3 is 2.68 bits per heavy atom. The van der Waals surface area contributed by atoms with E-state index < -0.39 is 18.1 Å². The lowest BCUT2D eigenvalue weighted by Crippen LogP contribution is -2.48. The summed E-state index contributed by atoms with van der Waals surface area (Å²) in [4.78, 5) is 26.1. The molecule has 0 bridgehead atoms. The van der Waals surface area contributed by atoms with Gasteiger partial charge in [-0.1, -0.05) is 36.4 Å². The van der Waals surface area contributed by atoms with E-state index in [4.69, 9.17) is 4.74 Å². The normalized spacial score (nSPS) is 17.5. The summed E-state index contributed by atoms with van der Waals surface area (Å²) in [6, 6.07) is 13.9. The Kier molecular flexibility index (Phi) is 4.74. The molecule has 5 heteroatoms. The number of ether oxygens (including phenoxy) is 1. The molecule has 1 amide bonds. The molecule has 0 spiro atoms. The van der Waals surface area contributed by atoms with E-state index >= 15 is 0 Å². The number of carbonyl (C=O) groups excluding carboxylic acids is 1. The Hall–Kier alpha value is -2.82. The van der Waals surface area contributed by atoms with Crippen molar-refractivity contribution in [2.24, 2.45) is 0 Å². The molecule has 2 atom stereocenters. The minimum absolute atomic E-state index is 0.316. The van der Waals surface area contributed by atoms with Gasteiger partial charge in [0.1, 0.15) is 5.75 Å². The molecule has 0 saturated carbocycles. The third kappa shape index (κ3) is 3.50. The van der Waals surface area contributed by atoms with Crippen molar-refractivity contribution in [3.05, 3.63) is 65.2 Å². The number of fused-ring (bicyclic) bond motifs is 1. The van der Waals surface area contributed by atoms with Crippen LogP contribution in [0.3, 0.4) is 0 Å². The topological polar surface area (TPSA) is 66.8 Å². The first kappa shape index (κ1) is 17.0. The van der Waals surface area contributed by atoms with Crippen LogP contribution in [0.25, 0.3) is 0 Å². The molecule has 25 heavy (non-hydrogen) atoms. The highest BCUT2D eigenvalue weighted by Crippen LogP contribution is 2.30. The first-order valence-electron chi connectivity index (χ1n) is 8.32. The lowest BCUT2D eigenvalue weighted by molar-refractivity contribution is -0.154. The van der Waals surface area contributed by atoms with E-state index in [-0.39, 0.29) is 5.91 Å². The summed E-state index contributed by atoms with van der Waals surface area (Å²) < 4.78 is 5.74. The molecule has 1 aliphatic heterocycles. The summed E-state index contributed by atoms with van der Waals surface area (Å²) in [6.45, 7) is 3.97. The zero-order valence-corrected chi connectivity index (χ0v) is 14.3. The Balaban J connectivity index is 1.82. The molecule has 2 aromatic rings. The smallest absolute Gasteiger partial charge is 0.331 e. The van der Waals surface area contributed by atoms with E-state index in [1.165, 1.54) is 4.90 Å². The highest BCUT2D eigenvalue weighted by atomic mass is 16.5. The number of hydrogen-bond donors (Lipinski definition) is 1. The zero-order valence-electron chi connectivity index (χ0n) is 14.3. The number of carboxylic acids is 1. The minimum atomic E-state index is -1.02. The fourth-order valence-electron chi connectivity index (χ4n) is 3.25. The second-order valence-corrected chi connectivity index (χ2v) is 6.30. The molecule has 0 aromatic heterocycles. The molecule has 0 radical (unpaired) electrons. The van der Waals surface area contributed by atoms with Crippen molar-refractivity contribution >= 4 is 11.9 Å². The molecule has 1 N–H and O–H groups in total. The van der Waals surface area contributed by atoms with Crippen molar-refractivity contribution in [1.29, 1.82) is 0 Å². The molecule has 2 unspecified atom stereocenters. The van der Waals surface area contributed by atoms with Gasteiger partial charge in [-0.2, -0.15) is 0 Å². The summed E-state index contributed by atoms with van der Waals surface area (Å²) in [5.41, 5.74) is 2.69. The van der Waals surface area contributed by atoms with Gasteiger partial charge >= 0.3 is 5.97 Å². The van der Waals surface area contributed by atoms with Crippen molar-refractivity contribution in [3.8, 4) is 5.75 Å². The Labute approximate surface area is 146 Å². The van der Waals surface area contributed by atoms with Gasteiger partial charge in [-0.05, 0) is 49.1 Å². The number of carboxylic acid groups (broad SMARTS) is 1. The molecule has 3 rings (SSSR count). The van der Waals surface area contributed by atoms with Crippen molar-refractivity contribution in [3.63, 3.8) is 0 Å². The first-order chi connectivity index (χ1) is 12.0. The monoisotopic (exact) mass is 339 g/mol. The molecule has 1 heterocycles. The van der Waals surface area contributed by atoms with Gasteiger partial charge in [0.15, 0.2) is 12.1 Å². The molecule has 2 aromatic carbocycles. The molecular weight excluding hydrogens is 318 g/mol. The van der Waals surface area contributed by atoms with Gasteiger partial charge in [-0.15, -0.1) is 0 Å². The van der Waals surface area contributed by atoms with Crippen LogP contribution in [-0.2, 0) is 16.0 Å². The van der Waals surface area contributed by atoms with Crippen LogP contribution >= 0.6 is 0 Å². The van der Waals surface area contributed by atoms with Gasteiger partial charge in [0.05, 0.1) is 0 Å². The average molecular weight is 339 g/mol. The number of carbonyl (C=O) groups is 2. The third-order valence-corrected chi connectivity index (χ3v) is 4.45. The molecule has 5 nitrogen and oxygen atoms in total. The van der Waals surface area contributed by atoms with Gasteiger partial charge in [0.2, 0.25) is 0 Å². The van der Waals surface area contributed by atoms with E-state index in [9.17, 15) is 14.7 Å². The van der Waals surface area contributed by atoms with E-state index in [1.807, 2.05) is 37.3 Å². The number of rotatable bonds is 4. The van der Waals surface area contributed by atoms with E-state index in [0.717, 1.165) is 11.1 Å². The van der Waals surface area contributed by atoms with Crippen LogP contribution in [0.4, 0.5) is 0 Å². The summed E-state index contributed by atoms with van der Waals surface area (Å²) in [5, 5.41) is 9.68. The number of aryl methyl sites for hydroxylation is 1. The molecule has 0 saturated heterocycles. The molecule has 1 aliphatic rings. The van der Waals surface area contributed by atoms with Gasteiger partial charge in [0.25, 0.3) is 5.91 Å². The highest BCUT2D eigenvalue weighted by Gasteiger charge is 2.37. The number of hydrogen-bond acceptors (Lipinski definition) is 3. The van der Waals surface area contributed by atoms with Crippen LogP contribution in [0.1, 0.15) is 29.7 Å². The van der Waals surface area contributed by atoms with Crippen LogP contribution in [0.2, 0.25) is 0 Å². The standard InChI is InChI=1S/C20H21NO4/c1-13-6-5-8-16(12-13)25-14(2)19(22)21-11-10-15-7-3-4-9-17(15)18(21)20(23)24/h3-9,12,14,18H,10-11H2,1-2H3,(H,23,24). The molecule has 130 valence electrons. The Morgan fingerprint density at radius 2 is 1.96 bits per heavy atom. The Bertz CT molecular complexity index is 802. The first-order valence-corrected chi connectivity index (χ1v) is 8.32. The quantitative estimate of drug-likeness (QED) is 0.930. The summed E-state index contributed by atoms with van der Waals surface area (Å²) in [7, 11) is 0. The maximum Gasteiger partial charge on any atom is 0.331 e.